The molecule has 1 unspecified atom stereocenters. The summed E-state index contributed by atoms with van der Waals surface area (Å²) < 4.78 is 0. The van der Waals surface area contributed by atoms with E-state index in [1.807, 2.05) is 0 Å². The van der Waals surface area contributed by atoms with Gasteiger partial charge in [-0.05, 0) is 36.3 Å². The molecule has 2 N–H and O–H groups in total. The Morgan fingerprint density at radius 2 is 2.35 bits per heavy atom. The highest BCUT2D eigenvalue weighted by Gasteiger charge is 2.27. The highest BCUT2D eigenvalue weighted by atomic mass is 35.5. The monoisotopic (exact) mass is 251 g/mol. The van der Waals surface area contributed by atoms with E-state index in [1.54, 1.807) is 6.33 Å². The van der Waals surface area contributed by atoms with E-state index in [0.717, 1.165) is 23.8 Å². The third-order valence-electron chi connectivity index (χ3n) is 3.28. The first-order valence-corrected chi connectivity index (χ1v) is 6.22. The number of aromatic nitrogens is 4. The predicted molar refractivity (Wildman–Crippen MR) is 67.1 cm³/mol. The lowest BCUT2D eigenvalue weighted by Crippen LogP contribution is -2.14. The molecule has 0 radical (unpaired) electrons. The summed E-state index contributed by atoms with van der Waals surface area (Å²) >= 11 is 5.85. The third-order valence-corrected chi connectivity index (χ3v) is 3.45. The highest BCUT2D eigenvalue weighted by molar-refractivity contribution is 6.28. The molecule has 3 rings (SSSR count). The zero-order valence-corrected chi connectivity index (χ0v) is 10.3. The quantitative estimate of drug-likeness (QED) is 0.820. The van der Waals surface area contributed by atoms with Gasteiger partial charge in [0.25, 0.3) is 0 Å². The molecule has 1 aliphatic rings. The first-order valence-electron chi connectivity index (χ1n) is 5.84. The minimum atomic E-state index is 0.228. The van der Waals surface area contributed by atoms with Crippen LogP contribution in [0.5, 0.6) is 0 Å². The summed E-state index contributed by atoms with van der Waals surface area (Å²) in [6, 6.07) is 0. The summed E-state index contributed by atoms with van der Waals surface area (Å²) in [6.45, 7) is 3.17. The Bertz CT molecular complexity index is 534. The fourth-order valence-corrected chi connectivity index (χ4v) is 2.19. The summed E-state index contributed by atoms with van der Waals surface area (Å²) in [5, 5.41) is 3.56. The minimum Gasteiger partial charge on any atom is -0.368 e. The van der Waals surface area contributed by atoms with Crippen molar-refractivity contribution in [1.29, 1.82) is 0 Å². The molecule has 1 atom stereocenters. The Labute approximate surface area is 104 Å². The summed E-state index contributed by atoms with van der Waals surface area (Å²) in [5.41, 5.74) is 1.42. The number of halogens is 1. The van der Waals surface area contributed by atoms with Gasteiger partial charge < -0.3 is 10.3 Å². The zero-order chi connectivity index (χ0) is 11.8. The van der Waals surface area contributed by atoms with Crippen LogP contribution >= 0.6 is 11.6 Å². The van der Waals surface area contributed by atoms with Gasteiger partial charge in [-0.1, -0.05) is 6.92 Å². The molecule has 0 saturated heterocycles. The maximum absolute atomic E-state index is 5.85. The smallest absolute Gasteiger partial charge is 0.226 e. The van der Waals surface area contributed by atoms with E-state index in [2.05, 4.69) is 32.2 Å². The van der Waals surface area contributed by atoms with Gasteiger partial charge in [0.15, 0.2) is 11.5 Å². The SMILES string of the molecule is CC(CNc1nc(Cl)nc2nc[nH]c12)C1CC1. The van der Waals surface area contributed by atoms with Crippen LogP contribution in [0.2, 0.25) is 5.28 Å². The van der Waals surface area contributed by atoms with Crippen molar-refractivity contribution in [2.75, 3.05) is 11.9 Å². The average Bonchev–Trinajstić information content (AvgIpc) is 3.05. The van der Waals surface area contributed by atoms with Crippen molar-refractivity contribution in [3.63, 3.8) is 0 Å². The first kappa shape index (κ1) is 10.8. The van der Waals surface area contributed by atoms with Crippen LogP contribution in [0, 0.1) is 11.8 Å². The Morgan fingerprint density at radius 1 is 1.53 bits per heavy atom. The number of rotatable bonds is 4. The molecule has 90 valence electrons. The molecule has 2 aromatic heterocycles. The molecular formula is C11H14ClN5. The maximum Gasteiger partial charge on any atom is 0.226 e. The van der Waals surface area contributed by atoms with Gasteiger partial charge in [0, 0.05) is 6.54 Å². The van der Waals surface area contributed by atoms with Gasteiger partial charge >= 0.3 is 0 Å². The van der Waals surface area contributed by atoms with Gasteiger partial charge in [-0.15, -0.1) is 0 Å². The zero-order valence-electron chi connectivity index (χ0n) is 9.57. The predicted octanol–water partition coefficient (Wildman–Crippen LogP) is 2.46. The maximum atomic E-state index is 5.85. The number of nitrogens with one attached hydrogen (secondary N) is 2. The lowest BCUT2D eigenvalue weighted by atomic mass is 10.1. The molecular weight excluding hydrogens is 238 g/mol. The van der Waals surface area contributed by atoms with Crippen molar-refractivity contribution < 1.29 is 0 Å². The van der Waals surface area contributed by atoms with E-state index in [0.29, 0.717) is 11.6 Å². The fraction of sp³-hybridized carbons (Fsp3) is 0.545. The number of H-pyrrole nitrogens is 1. The van der Waals surface area contributed by atoms with Gasteiger partial charge in [0.05, 0.1) is 6.33 Å². The van der Waals surface area contributed by atoms with Crippen molar-refractivity contribution in [3.05, 3.63) is 11.6 Å². The molecule has 1 aliphatic carbocycles. The van der Waals surface area contributed by atoms with Crippen molar-refractivity contribution in [3.8, 4) is 0 Å². The van der Waals surface area contributed by atoms with Gasteiger partial charge in [-0.3, -0.25) is 0 Å². The van der Waals surface area contributed by atoms with Crippen LogP contribution in [-0.2, 0) is 0 Å². The standard InChI is InChI=1S/C11H14ClN5/c1-6(7-2-3-7)4-13-9-8-10(15-5-14-8)17-11(12)16-9/h5-7H,2-4H2,1H3,(H2,13,14,15,16,17). The number of hydrogen-bond donors (Lipinski definition) is 2. The van der Waals surface area contributed by atoms with E-state index < -0.39 is 0 Å². The van der Waals surface area contributed by atoms with E-state index in [-0.39, 0.29) is 5.28 Å². The third kappa shape index (κ3) is 2.20. The molecule has 1 fully saturated rings. The van der Waals surface area contributed by atoms with Gasteiger partial charge in [-0.2, -0.15) is 9.97 Å². The van der Waals surface area contributed by atoms with Crippen molar-refractivity contribution in [1.82, 2.24) is 19.9 Å². The van der Waals surface area contributed by atoms with Crippen LogP contribution in [0.25, 0.3) is 11.2 Å². The summed E-state index contributed by atoms with van der Waals surface area (Å²) in [5.74, 6) is 2.28. The van der Waals surface area contributed by atoms with Crippen LogP contribution in [0.15, 0.2) is 6.33 Å². The Kier molecular flexibility index (Phi) is 2.63. The lowest BCUT2D eigenvalue weighted by molar-refractivity contribution is 0.536. The van der Waals surface area contributed by atoms with Crippen LogP contribution < -0.4 is 5.32 Å². The van der Waals surface area contributed by atoms with E-state index >= 15 is 0 Å². The Balaban J connectivity index is 1.80. The molecule has 0 amide bonds. The number of nitrogens with zero attached hydrogens (tertiary/aromatic N) is 3. The van der Waals surface area contributed by atoms with E-state index in [4.69, 9.17) is 11.6 Å². The number of aromatic amines is 1. The highest BCUT2D eigenvalue weighted by Crippen LogP contribution is 2.36. The molecule has 0 bridgehead atoms. The van der Waals surface area contributed by atoms with Gasteiger partial charge in [0.2, 0.25) is 5.28 Å². The Hall–Kier alpha value is -1.36. The van der Waals surface area contributed by atoms with Crippen LogP contribution in [0.3, 0.4) is 0 Å². The lowest BCUT2D eigenvalue weighted by Gasteiger charge is -2.12. The second kappa shape index (κ2) is 4.14. The first-order chi connectivity index (χ1) is 8.24. The normalized spacial score (nSPS) is 17.3. The average molecular weight is 252 g/mol. The van der Waals surface area contributed by atoms with Crippen molar-refractivity contribution in [2.45, 2.75) is 19.8 Å². The number of fused-ring (bicyclic) bond motifs is 1. The molecule has 0 aliphatic heterocycles. The van der Waals surface area contributed by atoms with Crippen LogP contribution in [-0.4, -0.2) is 26.5 Å². The molecule has 0 aromatic carbocycles. The molecule has 17 heavy (non-hydrogen) atoms. The fourth-order valence-electron chi connectivity index (χ4n) is 2.02. The molecule has 6 heteroatoms. The summed E-state index contributed by atoms with van der Waals surface area (Å²) in [7, 11) is 0. The largest absolute Gasteiger partial charge is 0.368 e. The van der Waals surface area contributed by atoms with Gasteiger partial charge in [-0.25, -0.2) is 4.98 Å². The summed E-state index contributed by atoms with van der Waals surface area (Å²) in [4.78, 5) is 15.4. The van der Waals surface area contributed by atoms with Crippen LogP contribution in [0.1, 0.15) is 19.8 Å². The van der Waals surface area contributed by atoms with Crippen LogP contribution in [0.4, 0.5) is 5.82 Å². The van der Waals surface area contributed by atoms with Gasteiger partial charge in [0.1, 0.15) is 5.52 Å². The second-order valence-corrected chi connectivity index (χ2v) is 4.98. The van der Waals surface area contributed by atoms with Crippen molar-refractivity contribution >= 4 is 28.6 Å². The minimum absolute atomic E-state index is 0.228. The van der Waals surface area contributed by atoms with Crippen molar-refractivity contribution in [2.24, 2.45) is 11.8 Å². The molecule has 5 nitrogen and oxygen atoms in total. The molecule has 1 saturated carbocycles. The molecule has 2 heterocycles. The summed E-state index contributed by atoms with van der Waals surface area (Å²) in [6.07, 6.45) is 4.31. The number of imidazole rings is 1. The second-order valence-electron chi connectivity index (χ2n) is 4.64. The number of anilines is 1. The Morgan fingerprint density at radius 3 is 3.12 bits per heavy atom. The molecule has 2 aromatic rings. The topological polar surface area (TPSA) is 66.5 Å². The van der Waals surface area contributed by atoms with E-state index in [9.17, 15) is 0 Å². The molecule has 0 spiro atoms. The van der Waals surface area contributed by atoms with E-state index in [1.165, 1.54) is 12.8 Å². The number of hydrogen-bond acceptors (Lipinski definition) is 4.